The molecule has 6 nitrogen and oxygen atoms in total. The van der Waals surface area contributed by atoms with Crippen molar-refractivity contribution in [2.24, 2.45) is 0 Å². The summed E-state index contributed by atoms with van der Waals surface area (Å²) in [6.45, 7) is 1.91. The predicted octanol–water partition coefficient (Wildman–Crippen LogP) is 4.10. The average molecular weight is 457 g/mol. The van der Waals surface area contributed by atoms with Gasteiger partial charge in [-0.05, 0) is 42.8 Å². The lowest BCUT2D eigenvalue weighted by Crippen LogP contribution is -2.28. The van der Waals surface area contributed by atoms with E-state index in [1.807, 2.05) is 6.92 Å². The van der Waals surface area contributed by atoms with Gasteiger partial charge in [0.25, 0.3) is 0 Å². The predicted molar refractivity (Wildman–Crippen MR) is 112 cm³/mol. The van der Waals surface area contributed by atoms with E-state index in [2.05, 4.69) is 10.6 Å². The maximum absolute atomic E-state index is 13.1. The number of anilines is 2. The summed E-state index contributed by atoms with van der Waals surface area (Å²) in [4.78, 5) is 24.9. The Kier molecular flexibility index (Phi) is 6.50. The Morgan fingerprint density at radius 3 is 2.72 bits per heavy atom. The van der Waals surface area contributed by atoms with E-state index >= 15 is 0 Å². The molecule has 0 bridgehead atoms. The third kappa shape index (κ3) is 5.09. The standard InChI is InChI=1S/C19H18ClFN2O4S2/c1-2-16-19(25)23-15-10-12(4-6-17(15)28-16)29(26,27)8-7-18(24)22-14-5-3-11(21)9-13(14)20/h3-6,9-10,16H,2,7-8H2,1H3,(H,22,24)(H,23,25). The zero-order valence-electron chi connectivity index (χ0n) is 15.4. The number of rotatable bonds is 6. The van der Waals surface area contributed by atoms with Gasteiger partial charge < -0.3 is 10.6 Å². The molecule has 0 saturated carbocycles. The number of amides is 2. The molecule has 154 valence electrons. The van der Waals surface area contributed by atoms with Crippen LogP contribution in [0, 0.1) is 5.82 Å². The van der Waals surface area contributed by atoms with Gasteiger partial charge in [-0.1, -0.05) is 18.5 Å². The Hall–Kier alpha value is -2.10. The van der Waals surface area contributed by atoms with Crippen LogP contribution in [0.3, 0.4) is 0 Å². The van der Waals surface area contributed by atoms with Crippen molar-refractivity contribution in [2.75, 3.05) is 16.4 Å². The average Bonchev–Trinajstić information content (AvgIpc) is 2.67. The molecule has 1 heterocycles. The Bertz CT molecular complexity index is 1080. The quantitative estimate of drug-likeness (QED) is 0.682. The molecule has 0 radical (unpaired) electrons. The minimum absolute atomic E-state index is 0.0227. The molecule has 0 saturated heterocycles. The second kappa shape index (κ2) is 8.73. The number of hydrogen-bond acceptors (Lipinski definition) is 5. The van der Waals surface area contributed by atoms with E-state index in [9.17, 15) is 22.4 Å². The minimum Gasteiger partial charge on any atom is -0.325 e. The van der Waals surface area contributed by atoms with Gasteiger partial charge in [0, 0.05) is 11.3 Å². The van der Waals surface area contributed by atoms with Crippen LogP contribution in [0.25, 0.3) is 0 Å². The van der Waals surface area contributed by atoms with Crippen LogP contribution in [0.1, 0.15) is 19.8 Å². The van der Waals surface area contributed by atoms with Crippen LogP contribution >= 0.6 is 23.4 Å². The lowest BCUT2D eigenvalue weighted by Gasteiger charge is -2.23. The molecule has 2 amide bonds. The molecular weight excluding hydrogens is 439 g/mol. The van der Waals surface area contributed by atoms with Crippen LogP contribution in [0.4, 0.5) is 15.8 Å². The molecule has 2 aromatic rings. The van der Waals surface area contributed by atoms with Crippen LogP contribution in [0.15, 0.2) is 46.2 Å². The summed E-state index contributed by atoms with van der Waals surface area (Å²) in [5, 5.41) is 5.02. The smallest absolute Gasteiger partial charge is 0.237 e. The first kappa shape index (κ1) is 21.6. The van der Waals surface area contributed by atoms with Gasteiger partial charge in [-0.25, -0.2) is 12.8 Å². The number of sulfone groups is 1. The second-order valence-electron chi connectivity index (χ2n) is 6.40. The van der Waals surface area contributed by atoms with Crippen LogP contribution in [-0.4, -0.2) is 31.2 Å². The Balaban J connectivity index is 1.67. The molecule has 29 heavy (non-hydrogen) atoms. The number of nitrogens with one attached hydrogen (secondary N) is 2. The molecule has 2 aromatic carbocycles. The SMILES string of the molecule is CCC1Sc2ccc(S(=O)(=O)CCC(=O)Nc3ccc(F)cc3Cl)cc2NC1=O. The van der Waals surface area contributed by atoms with E-state index in [0.29, 0.717) is 12.1 Å². The summed E-state index contributed by atoms with van der Waals surface area (Å²) in [7, 11) is -3.75. The van der Waals surface area contributed by atoms with Crippen molar-refractivity contribution < 1.29 is 22.4 Å². The first-order chi connectivity index (χ1) is 13.7. The van der Waals surface area contributed by atoms with Gasteiger partial charge in [0.15, 0.2) is 9.84 Å². The molecule has 0 fully saturated rings. The normalized spacial score (nSPS) is 16.1. The van der Waals surface area contributed by atoms with E-state index < -0.39 is 27.3 Å². The van der Waals surface area contributed by atoms with E-state index in [1.54, 1.807) is 6.07 Å². The van der Waals surface area contributed by atoms with Crippen LogP contribution in [0.5, 0.6) is 0 Å². The van der Waals surface area contributed by atoms with Gasteiger partial charge in [-0.15, -0.1) is 11.8 Å². The molecule has 0 aromatic heterocycles. The summed E-state index contributed by atoms with van der Waals surface area (Å²) >= 11 is 7.25. The number of thioether (sulfide) groups is 1. The van der Waals surface area contributed by atoms with Crippen molar-refractivity contribution in [2.45, 2.75) is 34.8 Å². The van der Waals surface area contributed by atoms with E-state index in [4.69, 9.17) is 11.6 Å². The van der Waals surface area contributed by atoms with E-state index in [-0.39, 0.29) is 33.2 Å². The van der Waals surface area contributed by atoms with Crippen LogP contribution < -0.4 is 10.6 Å². The second-order valence-corrected chi connectivity index (χ2v) is 10.2. The molecular formula is C19H18ClFN2O4S2. The van der Waals surface area contributed by atoms with E-state index in [1.165, 1.54) is 30.0 Å². The van der Waals surface area contributed by atoms with Crippen molar-refractivity contribution in [3.63, 3.8) is 0 Å². The first-order valence-electron chi connectivity index (χ1n) is 8.79. The lowest BCUT2D eigenvalue weighted by atomic mass is 10.2. The summed E-state index contributed by atoms with van der Waals surface area (Å²) in [6.07, 6.45) is 0.370. The van der Waals surface area contributed by atoms with Crippen molar-refractivity contribution >= 4 is 56.4 Å². The molecule has 1 atom stereocenters. The first-order valence-corrected chi connectivity index (χ1v) is 11.7. The van der Waals surface area contributed by atoms with Gasteiger partial charge in [-0.3, -0.25) is 9.59 Å². The topological polar surface area (TPSA) is 92.3 Å². The van der Waals surface area contributed by atoms with Crippen molar-refractivity contribution in [3.8, 4) is 0 Å². The third-order valence-corrected chi connectivity index (χ3v) is 7.77. The Morgan fingerprint density at radius 1 is 1.28 bits per heavy atom. The highest BCUT2D eigenvalue weighted by atomic mass is 35.5. The molecule has 1 unspecified atom stereocenters. The summed E-state index contributed by atoms with van der Waals surface area (Å²) in [6, 6.07) is 8.04. The highest BCUT2D eigenvalue weighted by Gasteiger charge is 2.27. The third-order valence-electron chi connectivity index (χ3n) is 4.30. The fourth-order valence-electron chi connectivity index (χ4n) is 2.74. The van der Waals surface area contributed by atoms with Gasteiger partial charge in [0.1, 0.15) is 5.82 Å². The maximum atomic E-state index is 13.1. The van der Waals surface area contributed by atoms with Crippen molar-refractivity contribution in [1.29, 1.82) is 0 Å². The van der Waals surface area contributed by atoms with Crippen LogP contribution in [0.2, 0.25) is 5.02 Å². The lowest BCUT2D eigenvalue weighted by molar-refractivity contribution is -0.116. The Morgan fingerprint density at radius 2 is 2.03 bits per heavy atom. The number of fused-ring (bicyclic) bond motifs is 1. The summed E-state index contributed by atoms with van der Waals surface area (Å²) < 4.78 is 38.3. The molecule has 1 aliphatic heterocycles. The van der Waals surface area contributed by atoms with Gasteiger partial charge in [0.05, 0.1) is 32.3 Å². The molecule has 0 aliphatic carbocycles. The number of hydrogen-bond donors (Lipinski definition) is 2. The number of benzene rings is 2. The highest BCUT2D eigenvalue weighted by Crippen LogP contribution is 2.38. The molecule has 3 rings (SSSR count). The van der Waals surface area contributed by atoms with Gasteiger partial charge in [0.2, 0.25) is 11.8 Å². The van der Waals surface area contributed by atoms with Crippen molar-refractivity contribution in [1.82, 2.24) is 0 Å². The largest absolute Gasteiger partial charge is 0.325 e. The zero-order chi connectivity index (χ0) is 21.2. The monoisotopic (exact) mass is 456 g/mol. The fourth-order valence-corrected chi connectivity index (χ4v) is 5.24. The maximum Gasteiger partial charge on any atom is 0.237 e. The molecule has 0 spiro atoms. The number of carbonyl (C=O) groups excluding carboxylic acids is 2. The van der Waals surface area contributed by atoms with Gasteiger partial charge >= 0.3 is 0 Å². The Labute approximate surface area is 177 Å². The minimum atomic E-state index is -3.75. The molecule has 2 N–H and O–H groups in total. The van der Waals surface area contributed by atoms with Crippen molar-refractivity contribution in [3.05, 3.63) is 47.2 Å². The molecule has 10 heteroatoms. The number of halogens is 2. The highest BCUT2D eigenvalue weighted by molar-refractivity contribution is 8.01. The van der Waals surface area contributed by atoms with E-state index in [0.717, 1.165) is 17.0 Å². The van der Waals surface area contributed by atoms with Gasteiger partial charge in [-0.2, -0.15) is 0 Å². The van der Waals surface area contributed by atoms with Crippen LogP contribution in [-0.2, 0) is 19.4 Å². The molecule has 1 aliphatic rings. The zero-order valence-corrected chi connectivity index (χ0v) is 17.8. The number of carbonyl (C=O) groups is 2. The fraction of sp³-hybridized carbons (Fsp3) is 0.263. The summed E-state index contributed by atoms with van der Waals surface area (Å²) in [5.41, 5.74) is 0.655. The summed E-state index contributed by atoms with van der Waals surface area (Å²) in [5.74, 6) is -1.68.